The molecule has 6 radical (unpaired) electrons. The Morgan fingerprint density at radius 3 is 1.24 bits per heavy atom. The molecule has 0 aliphatic carbocycles. The number of allylic oxidation sites excluding steroid dienone is 6. The number of rotatable bonds is 11. The van der Waals surface area contributed by atoms with E-state index in [9.17, 15) is 14.4 Å². The minimum atomic E-state index is -0.125. The number of carbonyl (C=O) groups is 3. The van der Waals surface area contributed by atoms with Crippen molar-refractivity contribution in [3.63, 3.8) is 0 Å². The zero-order chi connectivity index (χ0) is 89.8. The molecule has 0 aliphatic heterocycles. The molecule has 0 bridgehead atoms. The number of aromatic nitrogens is 9. The van der Waals surface area contributed by atoms with Crippen LogP contribution in [0.1, 0.15) is 47.1 Å². The number of hydrogen-bond acceptors (Lipinski definition) is 17. The summed E-state index contributed by atoms with van der Waals surface area (Å²) < 4.78 is 0. The Bertz CT molecular complexity index is 6500. The fraction of sp³-hybridized carbons (Fsp3) is 0.0642. The molecule has 684 valence electrons. The predicted octanol–water partition coefficient (Wildman–Crippen LogP) is 25.7. The minimum absolute atomic E-state index is 0. The van der Waals surface area contributed by atoms with Gasteiger partial charge < -0.3 is 50.3 Å². The third kappa shape index (κ3) is 39.1. The van der Waals surface area contributed by atoms with Crippen LogP contribution in [-0.4, -0.2) is 82.9 Å². The normalized spacial score (nSPS) is 10.1. The van der Waals surface area contributed by atoms with Crippen LogP contribution >= 0.6 is 22.9 Å². The van der Waals surface area contributed by atoms with Crippen molar-refractivity contribution in [3.05, 3.63) is 453 Å². The van der Waals surface area contributed by atoms with Gasteiger partial charge in [0.25, 0.3) is 0 Å². The zero-order valence-electron chi connectivity index (χ0n) is 72.4. The van der Waals surface area contributed by atoms with Gasteiger partial charge in [-0.2, -0.15) is 17.2 Å². The van der Waals surface area contributed by atoms with Crippen LogP contribution in [0.2, 0.25) is 5.15 Å². The molecule has 19 aromatic rings. The predicted molar refractivity (Wildman–Crippen MR) is 513 cm³/mol. The summed E-state index contributed by atoms with van der Waals surface area (Å²) in [7, 11) is 0. The van der Waals surface area contributed by atoms with E-state index in [2.05, 4.69) is 209 Å². The molecule has 16 nitrogen and oxygen atoms in total. The number of fused-ring (bicyclic) bond motifs is 5. The maximum absolute atomic E-state index is 10.0. The molecular formula is C109H87ClIr6N9O7S-7. The van der Waals surface area contributed by atoms with E-state index in [-0.39, 0.29) is 162 Å². The van der Waals surface area contributed by atoms with Gasteiger partial charge >= 0.3 is 0 Å². The Labute approximate surface area is 865 Å². The van der Waals surface area contributed by atoms with Gasteiger partial charge in [0, 0.05) is 188 Å². The maximum atomic E-state index is 10.0. The second-order valence-corrected chi connectivity index (χ2v) is 28.9. The molecule has 0 atom stereocenters. The van der Waals surface area contributed by atoms with E-state index in [0.717, 1.165) is 89.1 Å². The molecule has 0 saturated heterocycles. The summed E-state index contributed by atoms with van der Waals surface area (Å²) in [6, 6.07) is 124. The largest absolute Gasteiger partial charge is 0.512 e. The van der Waals surface area contributed by atoms with Crippen molar-refractivity contribution in [2.45, 2.75) is 48.1 Å². The fourth-order valence-electron chi connectivity index (χ4n) is 12.0. The quantitative estimate of drug-likeness (QED) is 0.0534. The first-order chi connectivity index (χ1) is 61.8. The van der Waals surface area contributed by atoms with Crippen LogP contribution < -0.4 is 0 Å². The number of pyridine rings is 5. The van der Waals surface area contributed by atoms with Crippen LogP contribution in [0.5, 0.6) is 0 Å². The molecule has 0 fully saturated rings. The number of thiophene rings is 1. The van der Waals surface area contributed by atoms with E-state index < -0.39 is 0 Å². The molecule has 133 heavy (non-hydrogen) atoms. The molecule has 0 spiro atoms. The van der Waals surface area contributed by atoms with Crippen molar-refractivity contribution >= 4 is 94.1 Å². The minimum Gasteiger partial charge on any atom is -0.512 e. The Hall–Kier alpha value is -11.9. The van der Waals surface area contributed by atoms with Crippen molar-refractivity contribution < 1.29 is 155 Å². The summed E-state index contributed by atoms with van der Waals surface area (Å²) in [6.45, 7) is 8.59. The van der Waals surface area contributed by atoms with Crippen LogP contribution in [0.15, 0.2) is 400 Å². The van der Waals surface area contributed by atoms with E-state index >= 15 is 0 Å². The summed E-state index contributed by atoms with van der Waals surface area (Å²) in [6.07, 6.45) is 17.8. The van der Waals surface area contributed by atoms with Gasteiger partial charge in [-0.25, -0.2) is 11.3 Å². The van der Waals surface area contributed by atoms with Crippen molar-refractivity contribution in [3.8, 4) is 78.1 Å². The number of carbonyl (C=O) groups excluding carboxylic acids is 3. The summed E-state index contributed by atoms with van der Waals surface area (Å²) in [5, 5.41) is 56.1. The van der Waals surface area contributed by atoms with Crippen molar-refractivity contribution in [2.24, 2.45) is 0 Å². The average Bonchev–Trinajstić information content (AvgIpc) is 1.03. The van der Waals surface area contributed by atoms with E-state index in [0.29, 0.717) is 5.15 Å². The Morgan fingerprint density at radius 2 is 0.774 bits per heavy atom. The van der Waals surface area contributed by atoms with Gasteiger partial charge in [0.15, 0.2) is 17.3 Å². The first-order valence-electron chi connectivity index (χ1n) is 39.9. The summed E-state index contributed by atoms with van der Waals surface area (Å²) in [5.41, 5.74) is 13.3. The molecule has 8 heterocycles. The number of aliphatic hydroxyl groups is 4. The molecule has 8 aromatic heterocycles. The number of ketones is 3. The molecule has 4 N–H and O–H groups in total. The van der Waals surface area contributed by atoms with Crippen molar-refractivity contribution in [1.82, 2.24) is 45.1 Å². The summed E-state index contributed by atoms with van der Waals surface area (Å²) in [4.78, 5) is 61.2. The average molecular weight is 2860 g/mol. The van der Waals surface area contributed by atoms with Crippen LogP contribution in [-0.2, 0) is 142 Å². The van der Waals surface area contributed by atoms with Crippen LogP contribution in [0.25, 0.3) is 132 Å². The van der Waals surface area contributed by atoms with E-state index in [1.807, 2.05) is 200 Å². The number of halogens is 1. The maximum Gasteiger partial charge on any atom is 0.155 e. The Kier molecular flexibility index (Phi) is 53.3. The molecule has 24 heteroatoms. The monoisotopic (exact) mass is 2860 g/mol. The Balaban J connectivity index is 0.000000313. The third-order valence-electron chi connectivity index (χ3n) is 17.6. The van der Waals surface area contributed by atoms with Gasteiger partial charge in [0.2, 0.25) is 0 Å². The van der Waals surface area contributed by atoms with E-state index in [1.54, 1.807) is 54.5 Å². The second-order valence-electron chi connectivity index (χ2n) is 27.6. The van der Waals surface area contributed by atoms with E-state index in [1.165, 1.54) is 108 Å². The molecule has 0 aliphatic rings. The standard InChI is InChI=1S/2C19H12N.C15H10N.C12H10NO.C11H8N.C10H6ClN2.C8H5N2S.3C5H8O2.6Ir/c1-2-8-16-13-20-19(12-15(16)7-1)18-11-5-9-14-6-3-4-10-17(14)18;1-2-7-16-13-17(10-9-14(16)5-1)19-18-8-4-3-6-15(18)11-12-20-19;1-2-6-12(7-3-1)15-10-13-8-4-5-9-14(13)11-16-15;14-9-10-6-7-13-12(8-10)11-4-2-1-3-5-11;1-2-6-10(7-3-1)11-8-4-5-9-12-11;11-10-7-6-9(12-13-10)8-4-2-1-3-5-8;1-2-8(11-5-1)7-6-9-3-4-10-7;3*1-4(6)3-5(2)7;;;;;;/h1-10,12-13H;1-9,11-13H;1-6,8-11H;1-4,6-8,14H,9H2;1-6,8-9H;1-4,6-7H;1,3-6H;3*3,6H,1-2H3;;;;;;/q7*-1;;;;;;;;;. The number of aliphatic hydroxyl groups excluding tert-OH is 4. The van der Waals surface area contributed by atoms with Gasteiger partial charge in [-0.1, -0.05) is 185 Å². The second kappa shape index (κ2) is 62.5. The summed E-state index contributed by atoms with van der Waals surface area (Å²) >= 11 is 7.23. The van der Waals surface area contributed by atoms with Crippen LogP contribution in [0.3, 0.4) is 0 Å². The molecule has 0 amide bonds. The van der Waals surface area contributed by atoms with Crippen molar-refractivity contribution in [1.29, 1.82) is 0 Å². The van der Waals surface area contributed by atoms with E-state index in [4.69, 9.17) is 32.0 Å². The first kappa shape index (κ1) is 113. The molecule has 0 unspecified atom stereocenters. The van der Waals surface area contributed by atoms with Crippen LogP contribution in [0, 0.1) is 42.5 Å². The third-order valence-corrected chi connectivity index (χ3v) is 18.6. The fourth-order valence-corrected chi connectivity index (χ4v) is 12.7. The van der Waals surface area contributed by atoms with Gasteiger partial charge in [-0.05, 0) is 144 Å². The summed E-state index contributed by atoms with van der Waals surface area (Å²) in [5.74, 6) is -0.187. The molecule has 11 aromatic carbocycles. The number of nitrogens with zero attached hydrogens (tertiary/aromatic N) is 9. The smallest absolute Gasteiger partial charge is 0.155 e. The van der Waals surface area contributed by atoms with Crippen LogP contribution in [0.4, 0.5) is 0 Å². The molecular weight excluding hydrogens is 2770 g/mol. The zero-order valence-corrected chi connectivity index (χ0v) is 88.3. The molecule has 0 saturated carbocycles. The van der Waals surface area contributed by atoms with Gasteiger partial charge in [0.1, 0.15) is 5.15 Å². The van der Waals surface area contributed by atoms with Gasteiger partial charge in [0.05, 0.1) is 23.9 Å². The SMILES string of the molecule is CC(=O)C=C(C)O.CC(=O)C=C(C)O.CC(=O)C=C(C)O.Clc1ccc(-c2[c-]cccc2)nn1.OCc1ccnc(-c2[c-]cccc2)c1.[Ir].[Ir].[Ir].[Ir].[Ir].[Ir].[c-]1cc2ccccc2cc1-c1nccc2ccccc12.[c-]1ccc2ccccc2c1-c1cc2ccccc2cn1.[c-]1ccccc1-c1cc2ccccc2cn1.[c-]1ccccc1-c1ccccn1.[c-]1ccsc1-c1cnccn1. The number of hydrogen-bond donors (Lipinski definition) is 4. The van der Waals surface area contributed by atoms with Crippen molar-refractivity contribution in [2.75, 3.05) is 0 Å². The first-order valence-corrected chi connectivity index (χ1v) is 41.1. The topological polar surface area (TPSA) is 248 Å². The number of benzene rings is 11. The van der Waals surface area contributed by atoms with Gasteiger partial charge in [-0.15, -0.1) is 212 Å². The Morgan fingerprint density at radius 1 is 0.331 bits per heavy atom. The molecule has 19 rings (SSSR count). The van der Waals surface area contributed by atoms with Gasteiger partial charge in [-0.3, -0.25) is 19.4 Å².